The molecule has 1 aliphatic carbocycles. The van der Waals surface area contributed by atoms with Crippen molar-refractivity contribution >= 4 is 11.8 Å². The first-order valence-electron chi connectivity index (χ1n) is 6.88. The number of nitrogens with one attached hydrogen (secondary N) is 1. The number of hydrogen-bond acceptors (Lipinski definition) is 7. The zero-order chi connectivity index (χ0) is 14.9. The lowest BCUT2D eigenvalue weighted by Crippen LogP contribution is -2.09. The van der Waals surface area contributed by atoms with Crippen LogP contribution in [0.15, 0.2) is 43.2 Å². The van der Waals surface area contributed by atoms with Gasteiger partial charge in [0.2, 0.25) is 5.89 Å². The van der Waals surface area contributed by atoms with Crippen LogP contribution < -0.4 is 5.56 Å². The topological polar surface area (TPSA) is 97.8 Å². The summed E-state index contributed by atoms with van der Waals surface area (Å²) in [5, 5.41) is 8.47. The van der Waals surface area contributed by atoms with E-state index in [9.17, 15) is 4.79 Å². The van der Waals surface area contributed by atoms with Gasteiger partial charge in [0.25, 0.3) is 11.4 Å². The van der Waals surface area contributed by atoms with Crippen LogP contribution in [0.3, 0.4) is 0 Å². The van der Waals surface area contributed by atoms with Crippen molar-refractivity contribution in [2.24, 2.45) is 0 Å². The van der Waals surface area contributed by atoms with Crippen molar-refractivity contribution in [2.45, 2.75) is 29.7 Å². The van der Waals surface area contributed by atoms with E-state index < -0.39 is 0 Å². The Morgan fingerprint density at radius 3 is 3.05 bits per heavy atom. The monoisotopic (exact) mass is 316 g/mol. The van der Waals surface area contributed by atoms with Crippen LogP contribution in [0.1, 0.15) is 30.3 Å². The third-order valence-electron chi connectivity index (χ3n) is 3.27. The van der Waals surface area contributed by atoms with Gasteiger partial charge in [-0.05, 0) is 25.0 Å². The van der Waals surface area contributed by atoms with Crippen molar-refractivity contribution in [3.63, 3.8) is 0 Å². The van der Waals surface area contributed by atoms with Gasteiger partial charge in [-0.2, -0.15) is 0 Å². The van der Waals surface area contributed by atoms with Gasteiger partial charge in [0.15, 0.2) is 10.9 Å². The number of H-pyrrole nitrogens is 1. The highest BCUT2D eigenvalue weighted by Crippen LogP contribution is 2.38. The molecule has 1 N–H and O–H groups in total. The summed E-state index contributed by atoms with van der Waals surface area (Å²) in [6.07, 6.45) is 3.76. The van der Waals surface area contributed by atoms with Crippen LogP contribution in [0.5, 0.6) is 0 Å². The lowest BCUT2D eigenvalue weighted by atomic mass is 10.3. The summed E-state index contributed by atoms with van der Waals surface area (Å²) in [5.41, 5.74) is 0.745. The smallest absolute Gasteiger partial charge is 0.283 e. The Kier molecular flexibility index (Phi) is 3.30. The Morgan fingerprint density at radius 1 is 1.36 bits per heavy atom. The molecule has 4 rings (SSSR count). The van der Waals surface area contributed by atoms with Crippen molar-refractivity contribution in [3.8, 4) is 11.7 Å². The number of aromatic amines is 1. The predicted molar refractivity (Wildman–Crippen MR) is 78.4 cm³/mol. The van der Waals surface area contributed by atoms with E-state index in [1.807, 2.05) is 0 Å². The molecule has 3 aromatic heterocycles. The van der Waals surface area contributed by atoms with Gasteiger partial charge in [0.05, 0.1) is 17.7 Å². The average Bonchev–Trinajstić information content (AvgIpc) is 3.02. The minimum atomic E-state index is -0.124. The number of aromatic nitrogens is 4. The van der Waals surface area contributed by atoms with Crippen molar-refractivity contribution in [1.29, 1.82) is 0 Å². The molecule has 0 atom stereocenters. The largest absolute Gasteiger partial charge is 0.459 e. The summed E-state index contributed by atoms with van der Waals surface area (Å²) in [6, 6.07) is 5.08. The molecule has 3 aromatic rings. The van der Waals surface area contributed by atoms with Crippen LogP contribution >= 0.6 is 11.8 Å². The highest BCUT2D eigenvalue weighted by molar-refractivity contribution is 7.98. The highest BCUT2D eigenvalue weighted by Gasteiger charge is 2.25. The number of rotatable bonds is 5. The van der Waals surface area contributed by atoms with Gasteiger partial charge in [-0.15, -0.1) is 10.2 Å². The van der Waals surface area contributed by atoms with E-state index in [-0.39, 0.29) is 5.56 Å². The summed E-state index contributed by atoms with van der Waals surface area (Å²) in [4.78, 5) is 18.8. The van der Waals surface area contributed by atoms with E-state index in [1.54, 1.807) is 24.5 Å². The Morgan fingerprint density at radius 2 is 2.27 bits per heavy atom. The van der Waals surface area contributed by atoms with Crippen LogP contribution in [0.2, 0.25) is 0 Å². The molecule has 0 saturated heterocycles. The lowest BCUT2D eigenvalue weighted by molar-refractivity contribution is 0.494. The molecule has 112 valence electrons. The maximum atomic E-state index is 11.6. The number of furan rings is 1. The maximum Gasteiger partial charge on any atom is 0.283 e. The first-order chi connectivity index (χ1) is 10.8. The maximum absolute atomic E-state index is 11.6. The van der Waals surface area contributed by atoms with Gasteiger partial charge >= 0.3 is 0 Å². The second-order valence-corrected chi connectivity index (χ2v) is 5.98. The van der Waals surface area contributed by atoms with Crippen molar-refractivity contribution in [1.82, 2.24) is 20.2 Å². The van der Waals surface area contributed by atoms with Crippen LogP contribution in [0, 0.1) is 0 Å². The Labute approximate surface area is 129 Å². The van der Waals surface area contributed by atoms with Crippen LogP contribution in [-0.2, 0) is 5.75 Å². The molecule has 3 heterocycles. The van der Waals surface area contributed by atoms with E-state index in [4.69, 9.17) is 8.83 Å². The molecule has 8 heteroatoms. The normalized spacial score (nSPS) is 14.4. The fourth-order valence-corrected chi connectivity index (χ4v) is 2.77. The van der Waals surface area contributed by atoms with Gasteiger partial charge < -0.3 is 13.8 Å². The van der Waals surface area contributed by atoms with Gasteiger partial charge in [0, 0.05) is 12.0 Å². The molecule has 0 aliphatic heterocycles. The molecule has 1 saturated carbocycles. The Hall–Kier alpha value is -2.35. The van der Waals surface area contributed by atoms with Crippen molar-refractivity contribution in [3.05, 3.63) is 46.4 Å². The predicted octanol–water partition coefficient (Wildman–Crippen LogP) is 2.58. The molecule has 7 nitrogen and oxygen atoms in total. The minimum absolute atomic E-state index is 0.124. The highest BCUT2D eigenvalue weighted by atomic mass is 32.2. The zero-order valence-corrected chi connectivity index (χ0v) is 12.3. The molecular formula is C14H12N4O3S. The summed E-state index contributed by atoms with van der Waals surface area (Å²) in [7, 11) is 0. The van der Waals surface area contributed by atoms with E-state index in [0.29, 0.717) is 34.4 Å². The molecule has 22 heavy (non-hydrogen) atoms. The Balaban J connectivity index is 1.47. The van der Waals surface area contributed by atoms with Crippen molar-refractivity contribution in [2.75, 3.05) is 0 Å². The Bertz CT molecular complexity index is 836. The third kappa shape index (κ3) is 2.82. The van der Waals surface area contributed by atoms with Gasteiger partial charge in [-0.25, -0.2) is 4.98 Å². The molecule has 0 radical (unpaired) electrons. The number of thioether (sulfide) groups is 1. The van der Waals surface area contributed by atoms with E-state index in [2.05, 4.69) is 20.2 Å². The van der Waals surface area contributed by atoms with E-state index in [1.165, 1.54) is 11.8 Å². The SMILES string of the molecule is O=c1cc(C2CC2)nc(SCc2nnc(-c3ccco3)o2)[nH]1. The molecule has 0 unspecified atom stereocenters. The molecule has 0 bridgehead atoms. The average molecular weight is 316 g/mol. The summed E-state index contributed by atoms with van der Waals surface area (Å²) in [6.45, 7) is 0. The third-order valence-corrected chi connectivity index (χ3v) is 4.12. The first-order valence-corrected chi connectivity index (χ1v) is 7.87. The van der Waals surface area contributed by atoms with Crippen LogP contribution in [0.25, 0.3) is 11.7 Å². The summed E-state index contributed by atoms with van der Waals surface area (Å²) in [5.74, 6) is 2.20. The van der Waals surface area contributed by atoms with Crippen LogP contribution in [-0.4, -0.2) is 20.2 Å². The second-order valence-electron chi connectivity index (χ2n) is 5.02. The quantitative estimate of drug-likeness (QED) is 0.570. The van der Waals surface area contributed by atoms with Gasteiger partial charge in [-0.3, -0.25) is 4.79 Å². The van der Waals surface area contributed by atoms with Gasteiger partial charge in [-0.1, -0.05) is 11.8 Å². The molecular weight excluding hydrogens is 304 g/mol. The molecule has 1 aliphatic rings. The molecule has 1 fully saturated rings. The fraction of sp³-hybridized carbons (Fsp3) is 0.286. The summed E-state index contributed by atoms with van der Waals surface area (Å²) >= 11 is 1.36. The number of nitrogens with zero attached hydrogens (tertiary/aromatic N) is 3. The standard InChI is InChI=1S/C14H12N4O3S/c19-11-6-9(8-3-4-8)15-14(16-11)22-7-12-17-18-13(21-12)10-2-1-5-20-10/h1-2,5-6,8H,3-4,7H2,(H,15,16,19). The molecule has 0 spiro atoms. The van der Waals surface area contributed by atoms with Crippen molar-refractivity contribution < 1.29 is 8.83 Å². The summed E-state index contributed by atoms with van der Waals surface area (Å²) < 4.78 is 10.7. The van der Waals surface area contributed by atoms with Gasteiger partial charge in [0.1, 0.15) is 0 Å². The molecule has 0 aromatic carbocycles. The lowest BCUT2D eigenvalue weighted by Gasteiger charge is -2.01. The minimum Gasteiger partial charge on any atom is -0.459 e. The van der Waals surface area contributed by atoms with E-state index >= 15 is 0 Å². The molecule has 0 amide bonds. The van der Waals surface area contributed by atoms with Crippen LogP contribution in [0.4, 0.5) is 0 Å². The zero-order valence-electron chi connectivity index (χ0n) is 11.5. The fourth-order valence-electron chi connectivity index (χ4n) is 2.05. The first kappa shape index (κ1) is 13.3. The van der Waals surface area contributed by atoms with E-state index in [0.717, 1.165) is 18.5 Å². The number of hydrogen-bond donors (Lipinski definition) is 1. The second kappa shape index (κ2) is 5.45.